The van der Waals surface area contributed by atoms with Gasteiger partial charge in [-0.3, -0.25) is 13.9 Å². The first-order valence-electron chi connectivity index (χ1n) is 10.1. The molecule has 1 amide bonds. The minimum Gasteiger partial charge on any atom is -0.382 e. The lowest BCUT2D eigenvalue weighted by molar-refractivity contribution is -0.173. The number of nitrogen functional groups attached to an aromatic ring is 1. The molecule has 2 atom stereocenters. The van der Waals surface area contributed by atoms with Crippen molar-refractivity contribution >= 4 is 19.5 Å². The Morgan fingerprint density at radius 2 is 2.03 bits per heavy atom. The van der Waals surface area contributed by atoms with Crippen molar-refractivity contribution < 1.29 is 51.1 Å². The average molecular weight is 528 g/mol. The predicted octanol–water partition coefficient (Wildman–Crippen LogP) is -0.324. The molecule has 1 saturated heterocycles. The summed E-state index contributed by atoms with van der Waals surface area (Å²) >= 11 is 0. The highest BCUT2D eigenvalue weighted by molar-refractivity contribution is 7.46. The number of aromatic nitrogens is 2. The SMILES string of the molecule is Nc1nc(=O)n([C@H]2CC[C@@H](COP(=O)(O)O)O2)cc1C#CCOCCOCCNC(=O)C(F)(F)F. The van der Waals surface area contributed by atoms with E-state index in [1.54, 1.807) is 5.32 Å². The molecule has 0 saturated carbocycles. The second-order valence-corrected chi connectivity index (χ2v) is 8.27. The van der Waals surface area contributed by atoms with E-state index in [9.17, 15) is 27.3 Å². The number of ether oxygens (including phenoxy) is 3. The first-order chi connectivity index (χ1) is 16.4. The molecule has 2 heterocycles. The number of hydrogen-bond acceptors (Lipinski definition) is 9. The van der Waals surface area contributed by atoms with E-state index < -0.39 is 37.9 Å². The second kappa shape index (κ2) is 13.0. The lowest BCUT2D eigenvalue weighted by Gasteiger charge is -2.16. The quantitative estimate of drug-likeness (QED) is 0.168. The third kappa shape index (κ3) is 10.3. The van der Waals surface area contributed by atoms with Crippen LogP contribution >= 0.6 is 7.82 Å². The zero-order valence-corrected chi connectivity index (χ0v) is 19.1. The van der Waals surface area contributed by atoms with E-state index in [-0.39, 0.29) is 51.0 Å². The van der Waals surface area contributed by atoms with Crippen LogP contribution in [0.3, 0.4) is 0 Å². The van der Waals surface area contributed by atoms with E-state index in [1.807, 2.05) is 0 Å². The highest BCUT2D eigenvalue weighted by atomic mass is 31.2. The molecule has 13 nitrogen and oxygen atoms in total. The van der Waals surface area contributed by atoms with E-state index >= 15 is 0 Å². The van der Waals surface area contributed by atoms with E-state index in [0.29, 0.717) is 12.8 Å². The zero-order chi connectivity index (χ0) is 26.1. The normalized spacial score (nSPS) is 18.2. The molecule has 0 spiro atoms. The van der Waals surface area contributed by atoms with Gasteiger partial charge in [0.25, 0.3) is 0 Å². The molecule has 1 fully saturated rings. The Bertz CT molecular complexity index is 1030. The summed E-state index contributed by atoms with van der Waals surface area (Å²) in [4.78, 5) is 44.0. The van der Waals surface area contributed by atoms with Crippen molar-refractivity contribution in [2.45, 2.75) is 31.3 Å². The Kier molecular flexibility index (Phi) is 10.7. The largest absolute Gasteiger partial charge is 0.471 e. The van der Waals surface area contributed by atoms with Crippen LogP contribution in [-0.2, 0) is 28.1 Å². The smallest absolute Gasteiger partial charge is 0.382 e. The molecular weight excluding hydrogens is 504 g/mol. The molecular formula is C18H24F3N4O9P. The van der Waals surface area contributed by atoms with E-state index in [0.717, 1.165) is 0 Å². The number of hydrogen-bond donors (Lipinski definition) is 4. The van der Waals surface area contributed by atoms with Crippen LogP contribution in [0.4, 0.5) is 19.0 Å². The third-order valence-corrected chi connectivity index (χ3v) is 4.85. The number of carbonyl (C=O) groups is 1. The van der Waals surface area contributed by atoms with Crippen LogP contribution in [0.5, 0.6) is 0 Å². The Morgan fingerprint density at radius 3 is 2.71 bits per heavy atom. The molecule has 0 radical (unpaired) electrons. The molecule has 1 aromatic heterocycles. The van der Waals surface area contributed by atoms with Gasteiger partial charge in [-0.15, -0.1) is 0 Å². The maximum atomic E-state index is 12.2. The van der Waals surface area contributed by atoms with Crippen LogP contribution < -0.4 is 16.7 Å². The summed E-state index contributed by atoms with van der Waals surface area (Å²) in [5, 5.41) is 1.66. The van der Waals surface area contributed by atoms with Crippen molar-refractivity contribution in [2.75, 3.05) is 45.3 Å². The van der Waals surface area contributed by atoms with Crippen LogP contribution in [0.1, 0.15) is 24.6 Å². The number of nitrogens with one attached hydrogen (secondary N) is 1. The summed E-state index contributed by atoms with van der Waals surface area (Å²) < 4.78 is 68.2. The predicted molar refractivity (Wildman–Crippen MR) is 112 cm³/mol. The molecule has 35 heavy (non-hydrogen) atoms. The van der Waals surface area contributed by atoms with Gasteiger partial charge < -0.3 is 35.0 Å². The van der Waals surface area contributed by atoms with E-state index in [1.165, 1.54) is 10.8 Å². The average Bonchev–Trinajstić information content (AvgIpc) is 3.22. The fourth-order valence-corrected chi connectivity index (χ4v) is 3.15. The van der Waals surface area contributed by atoms with Gasteiger partial charge in [0, 0.05) is 12.7 Å². The summed E-state index contributed by atoms with van der Waals surface area (Å²) in [6.45, 7) is -0.673. The number of amides is 1. The fraction of sp³-hybridized carbons (Fsp3) is 0.611. The number of anilines is 1. The standard InChI is InChI=1S/C18H24F3N4O9P/c19-18(20,21)16(26)23-5-7-32-9-8-31-6-1-2-12-10-25(17(27)24-15(12)22)14-4-3-13(34-14)11-33-35(28,29)30/h10,13-14H,3-9,11H2,(H,23,26)(H2,22,24,27)(H2,28,29,30)/t13-,14+/m0/s1. The molecule has 0 aliphatic carbocycles. The molecule has 0 bridgehead atoms. The van der Waals surface area contributed by atoms with Gasteiger partial charge in [0.05, 0.1) is 38.1 Å². The van der Waals surface area contributed by atoms with E-state index in [4.69, 9.17) is 29.7 Å². The summed E-state index contributed by atoms with van der Waals surface area (Å²) in [5.41, 5.74) is 5.27. The molecule has 196 valence electrons. The maximum absolute atomic E-state index is 12.2. The molecule has 1 aliphatic rings. The van der Waals surface area contributed by atoms with E-state index in [2.05, 4.69) is 21.3 Å². The lowest BCUT2D eigenvalue weighted by atomic mass is 10.2. The fourth-order valence-electron chi connectivity index (χ4n) is 2.79. The molecule has 1 aliphatic heterocycles. The summed E-state index contributed by atoms with van der Waals surface area (Å²) in [5.74, 6) is 3.21. The summed E-state index contributed by atoms with van der Waals surface area (Å²) in [6.07, 6.45) is -4.18. The van der Waals surface area contributed by atoms with Gasteiger partial charge in [0.15, 0.2) is 0 Å². The van der Waals surface area contributed by atoms with Crippen LogP contribution in [-0.4, -0.2) is 77.1 Å². The highest BCUT2D eigenvalue weighted by Gasteiger charge is 2.38. The van der Waals surface area contributed by atoms with Crippen molar-refractivity contribution in [3.63, 3.8) is 0 Å². The lowest BCUT2D eigenvalue weighted by Crippen LogP contribution is -2.38. The number of nitrogens with two attached hydrogens (primary N) is 1. The van der Waals surface area contributed by atoms with Gasteiger partial charge in [-0.25, -0.2) is 9.36 Å². The summed E-state index contributed by atoms with van der Waals surface area (Å²) in [6, 6.07) is 0. The van der Waals surface area contributed by atoms with Gasteiger partial charge in [0.1, 0.15) is 18.7 Å². The van der Waals surface area contributed by atoms with Crippen molar-refractivity contribution in [3.05, 3.63) is 22.2 Å². The maximum Gasteiger partial charge on any atom is 0.471 e. The number of nitrogens with zero attached hydrogens (tertiary/aromatic N) is 2. The molecule has 0 unspecified atom stereocenters. The van der Waals surface area contributed by atoms with Gasteiger partial charge >= 0.3 is 25.6 Å². The minimum absolute atomic E-state index is 0.0472. The third-order valence-electron chi connectivity index (χ3n) is 4.36. The van der Waals surface area contributed by atoms with Gasteiger partial charge in [-0.1, -0.05) is 11.8 Å². The van der Waals surface area contributed by atoms with Crippen LogP contribution in [0.15, 0.2) is 11.0 Å². The van der Waals surface area contributed by atoms with Gasteiger partial charge in [0.2, 0.25) is 0 Å². The Balaban J connectivity index is 1.76. The van der Waals surface area contributed by atoms with Crippen LogP contribution in [0.25, 0.3) is 0 Å². The molecule has 5 N–H and O–H groups in total. The number of phosphoric acid groups is 1. The molecule has 2 rings (SSSR count). The van der Waals surface area contributed by atoms with Gasteiger partial charge in [-0.05, 0) is 12.8 Å². The van der Waals surface area contributed by atoms with Crippen molar-refractivity contribution in [1.29, 1.82) is 0 Å². The monoisotopic (exact) mass is 528 g/mol. The number of rotatable bonds is 11. The Labute approximate surface area is 196 Å². The molecule has 17 heteroatoms. The Morgan fingerprint density at radius 1 is 1.31 bits per heavy atom. The summed E-state index contributed by atoms with van der Waals surface area (Å²) in [7, 11) is -4.64. The molecule has 0 aromatic carbocycles. The number of alkyl halides is 3. The second-order valence-electron chi connectivity index (χ2n) is 7.03. The number of halogens is 3. The number of phosphoric ester groups is 1. The van der Waals surface area contributed by atoms with Crippen LogP contribution in [0, 0.1) is 11.8 Å². The van der Waals surface area contributed by atoms with Gasteiger partial charge in [-0.2, -0.15) is 18.2 Å². The first-order valence-corrected chi connectivity index (χ1v) is 11.6. The highest BCUT2D eigenvalue weighted by Crippen LogP contribution is 2.38. The van der Waals surface area contributed by atoms with Crippen molar-refractivity contribution in [1.82, 2.24) is 14.9 Å². The molecule has 1 aromatic rings. The van der Waals surface area contributed by atoms with Crippen LogP contribution in [0.2, 0.25) is 0 Å². The zero-order valence-electron chi connectivity index (χ0n) is 18.2. The first kappa shape index (κ1) is 28.7. The number of carbonyl (C=O) groups excluding carboxylic acids is 1. The van der Waals surface area contributed by atoms with Crippen molar-refractivity contribution in [3.8, 4) is 11.8 Å². The topological polar surface area (TPSA) is 184 Å². The Hall–Kier alpha value is -2.51. The van der Waals surface area contributed by atoms with Crippen molar-refractivity contribution in [2.24, 2.45) is 0 Å². The minimum atomic E-state index is -4.94.